The van der Waals surface area contributed by atoms with E-state index >= 15 is 0 Å². The molecule has 1 aliphatic heterocycles. The first-order chi connectivity index (χ1) is 15.3. The first-order valence-electron chi connectivity index (χ1n) is 10.2. The van der Waals surface area contributed by atoms with E-state index < -0.39 is 11.8 Å². The molecule has 0 N–H and O–H groups in total. The Balaban J connectivity index is 1.38. The van der Waals surface area contributed by atoms with Gasteiger partial charge in [0.1, 0.15) is 5.82 Å². The molecule has 0 aliphatic carbocycles. The number of rotatable bonds is 8. The number of hydrogen-bond acceptors (Lipinski definition) is 6. The number of carbonyl (C=O) groups is 3. The van der Waals surface area contributed by atoms with Crippen LogP contribution in [0.2, 0.25) is 5.02 Å². The quantitative estimate of drug-likeness (QED) is 0.324. The lowest BCUT2D eigenvalue weighted by atomic mass is 10.1. The average Bonchev–Trinajstić information content (AvgIpc) is 2.79. The molecule has 0 spiro atoms. The Morgan fingerprint density at radius 3 is 2.38 bits per heavy atom. The smallest absolute Gasteiger partial charge is 0.307 e. The second kappa shape index (κ2) is 11.3. The normalized spacial score (nSPS) is 13.7. The van der Waals surface area contributed by atoms with Crippen LogP contribution in [0.5, 0.6) is 0 Å². The van der Waals surface area contributed by atoms with Gasteiger partial charge in [-0.15, -0.1) is 11.8 Å². The zero-order valence-corrected chi connectivity index (χ0v) is 19.3. The highest BCUT2D eigenvalue weighted by Crippen LogP contribution is 2.23. The maximum atomic E-state index is 14.3. The number of benzene rings is 2. The van der Waals surface area contributed by atoms with Gasteiger partial charge in [0.05, 0.1) is 12.1 Å². The fraction of sp³-hybridized carbons (Fsp3) is 0.348. The van der Waals surface area contributed by atoms with Crippen LogP contribution in [0.25, 0.3) is 0 Å². The van der Waals surface area contributed by atoms with Crippen molar-refractivity contribution < 1.29 is 23.5 Å². The molecule has 1 amide bonds. The predicted molar refractivity (Wildman–Crippen MR) is 123 cm³/mol. The van der Waals surface area contributed by atoms with Crippen LogP contribution in [0, 0.1) is 5.82 Å². The number of anilines is 1. The van der Waals surface area contributed by atoms with Crippen LogP contribution < -0.4 is 4.90 Å². The Hall–Kier alpha value is -2.58. The van der Waals surface area contributed by atoms with Crippen molar-refractivity contribution in [1.29, 1.82) is 0 Å². The van der Waals surface area contributed by atoms with Gasteiger partial charge in [0.2, 0.25) is 0 Å². The summed E-state index contributed by atoms with van der Waals surface area (Å²) in [6.07, 6.45) is 0.198. The van der Waals surface area contributed by atoms with Gasteiger partial charge in [0.25, 0.3) is 5.91 Å². The summed E-state index contributed by atoms with van der Waals surface area (Å²) < 4.78 is 19.5. The Kier molecular flexibility index (Phi) is 8.53. The first kappa shape index (κ1) is 24.1. The Morgan fingerprint density at radius 2 is 1.75 bits per heavy atom. The highest BCUT2D eigenvalue weighted by molar-refractivity contribution is 7.99. The number of Topliss-reactive ketones (excluding diaryl/α,β-unsaturated/α-hetero) is 1. The summed E-state index contributed by atoms with van der Waals surface area (Å²) in [6, 6.07) is 11.8. The summed E-state index contributed by atoms with van der Waals surface area (Å²) in [5.74, 6) is -0.796. The van der Waals surface area contributed by atoms with E-state index in [4.69, 9.17) is 16.3 Å². The number of ketones is 1. The van der Waals surface area contributed by atoms with E-state index in [1.165, 1.54) is 24.8 Å². The molecule has 2 aromatic carbocycles. The number of amides is 1. The highest BCUT2D eigenvalue weighted by Gasteiger charge is 2.24. The molecule has 0 saturated carbocycles. The van der Waals surface area contributed by atoms with Crippen LogP contribution in [0.15, 0.2) is 47.4 Å². The maximum Gasteiger partial charge on any atom is 0.307 e. The summed E-state index contributed by atoms with van der Waals surface area (Å²) in [5, 5.41) is 0.657. The van der Waals surface area contributed by atoms with Gasteiger partial charge in [0, 0.05) is 47.4 Å². The van der Waals surface area contributed by atoms with Crippen molar-refractivity contribution in [1.82, 2.24) is 4.90 Å². The second-order valence-corrected chi connectivity index (χ2v) is 8.91. The SMILES string of the molecule is CC(=O)c1ccc(N2CCN(C(=O)COC(=O)CCSc3ccc(Cl)cc3)CC2)c(F)c1. The largest absolute Gasteiger partial charge is 0.456 e. The van der Waals surface area contributed by atoms with Gasteiger partial charge < -0.3 is 14.5 Å². The van der Waals surface area contributed by atoms with E-state index in [-0.39, 0.29) is 24.7 Å². The Labute approximate surface area is 195 Å². The maximum absolute atomic E-state index is 14.3. The number of esters is 1. The van der Waals surface area contributed by atoms with Gasteiger partial charge in [-0.2, -0.15) is 0 Å². The van der Waals surface area contributed by atoms with E-state index in [0.29, 0.717) is 48.2 Å². The van der Waals surface area contributed by atoms with Crippen LogP contribution in [0.4, 0.5) is 10.1 Å². The Bertz CT molecular complexity index is 978. The number of halogens is 2. The molecule has 1 aliphatic rings. The molecule has 0 bridgehead atoms. The lowest BCUT2D eigenvalue weighted by molar-refractivity contribution is -0.151. The van der Waals surface area contributed by atoms with Crippen molar-refractivity contribution in [3.63, 3.8) is 0 Å². The standard InChI is InChI=1S/C23H24ClFN2O4S/c1-16(28)17-2-7-21(20(25)14-17)26-9-11-27(12-10-26)22(29)15-31-23(30)8-13-32-19-5-3-18(24)4-6-19/h2-7,14H,8-13,15H2,1H3. The zero-order valence-electron chi connectivity index (χ0n) is 17.7. The Morgan fingerprint density at radius 1 is 1.06 bits per heavy atom. The van der Waals surface area contributed by atoms with E-state index in [9.17, 15) is 18.8 Å². The van der Waals surface area contributed by atoms with Crippen LogP contribution in [0.3, 0.4) is 0 Å². The minimum absolute atomic E-state index is 0.191. The molecule has 0 atom stereocenters. The van der Waals surface area contributed by atoms with Gasteiger partial charge >= 0.3 is 5.97 Å². The van der Waals surface area contributed by atoms with Crippen molar-refractivity contribution >= 4 is 46.7 Å². The van der Waals surface area contributed by atoms with E-state index in [1.807, 2.05) is 17.0 Å². The van der Waals surface area contributed by atoms with Gasteiger partial charge in [-0.3, -0.25) is 14.4 Å². The summed E-state index contributed by atoms with van der Waals surface area (Å²) in [4.78, 5) is 40.1. The minimum Gasteiger partial charge on any atom is -0.456 e. The second-order valence-electron chi connectivity index (χ2n) is 7.30. The molecule has 170 valence electrons. The summed E-state index contributed by atoms with van der Waals surface area (Å²) in [5.41, 5.74) is 0.736. The molecule has 1 fully saturated rings. The third kappa shape index (κ3) is 6.71. The molecule has 2 aromatic rings. The summed E-state index contributed by atoms with van der Waals surface area (Å²) in [6.45, 7) is 2.80. The molecule has 0 radical (unpaired) electrons. The molecule has 32 heavy (non-hydrogen) atoms. The molecule has 1 saturated heterocycles. The first-order valence-corrected chi connectivity index (χ1v) is 11.6. The number of hydrogen-bond donors (Lipinski definition) is 0. The fourth-order valence-electron chi connectivity index (χ4n) is 3.27. The minimum atomic E-state index is -0.456. The third-order valence-electron chi connectivity index (χ3n) is 5.07. The topological polar surface area (TPSA) is 66.9 Å². The number of piperazine rings is 1. The molecule has 6 nitrogen and oxygen atoms in total. The molecular weight excluding hydrogens is 455 g/mol. The highest BCUT2D eigenvalue weighted by atomic mass is 35.5. The number of thioether (sulfide) groups is 1. The van der Waals surface area contributed by atoms with Crippen LogP contribution >= 0.6 is 23.4 Å². The molecule has 1 heterocycles. The van der Waals surface area contributed by atoms with Gasteiger partial charge in [-0.25, -0.2) is 4.39 Å². The van der Waals surface area contributed by atoms with E-state index in [0.717, 1.165) is 4.90 Å². The predicted octanol–water partition coefficient (Wildman–Crippen LogP) is 4.06. The molecule has 0 unspecified atom stereocenters. The monoisotopic (exact) mass is 478 g/mol. The third-order valence-corrected chi connectivity index (χ3v) is 6.34. The van der Waals surface area contributed by atoms with Gasteiger partial charge in [0.15, 0.2) is 12.4 Å². The van der Waals surface area contributed by atoms with Crippen molar-refractivity contribution in [2.75, 3.05) is 43.4 Å². The van der Waals surface area contributed by atoms with Crippen molar-refractivity contribution in [2.24, 2.45) is 0 Å². The molecule has 9 heteroatoms. The van der Waals surface area contributed by atoms with Crippen LogP contribution in [-0.4, -0.2) is 61.1 Å². The van der Waals surface area contributed by atoms with Crippen LogP contribution in [0.1, 0.15) is 23.7 Å². The van der Waals surface area contributed by atoms with E-state index in [2.05, 4.69) is 0 Å². The lowest BCUT2D eigenvalue weighted by Crippen LogP contribution is -2.50. The van der Waals surface area contributed by atoms with Crippen molar-refractivity contribution in [3.05, 3.63) is 58.9 Å². The summed E-state index contributed by atoms with van der Waals surface area (Å²) in [7, 11) is 0. The lowest BCUT2D eigenvalue weighted by Gasteiger charge is -2.36. The van der Waals surface area contributed by atoms with E-state index in [1.54, 1.807) is 29.2 Å². The molecule has 0 aromatic heterocycles. The number of nitrogens with zero attached hydrogens (tertiary/aromatic N) is 2. The zero-order chi connectivity index (χ0) is 23.1. The van der Waals surface area contributed by atoms with Gasteiger partial charge in [-0.05, 0) is 49.4 Å². The van der Waals surface area contributed by atoms with Crippen molar-refractivity contribution in [2.45, 2.75) is 18.2 Å². The number of ether oxygens (including phenoxy) is 1. The fourth-order valence-corrected chi connectivity index (χ4v) is 4.23. The van der Waals surface area contributed by atoms with Crippen LogP contribution in [-0.2, 0) is 14.3 Å². The molecular formula is C23H24ClFN2O4S. The molecule has 3 rings (SSSR count). The van der Waals surface area contributed by atoms with Gasteiger partial charge in [-0.1, -0.05) is 11.6 Å². The summed E-state index contributed by atoms with van der Waals surface area (Å²) >= 11 is 7.36. The average molecular weight is 479 g/mol. The number of carbonyl (C=O) groups excluding carboxylic acids is 3. The van der Waals surface area contributed by atoms with Crippen molar-refractivity contribution in [3.8, 4) is 0 Å².